The van der Waals surface area contributed by atoms with E-state index in [1.807, 2.05) is 6.08 Å². The van der Waals surface area contributed by atoms with E-state index in [0.717, 1.165) is 70.5 Å². The Morgan fingerprint density at radius 1 is 1.14 bits per heavy atom. The lowest BCUT2D eigenvalue weighted by molar-refractivity contribution is -0.315. The maximum absolute atomic E-state index is 12.3. The minimum absolute atomic E-state index is 0.182. The molecule has 0 aliphatic carbocycles. The fourth-order valence-electron chi connectivity index (χ4n) is 4.46. The number of carbonyl (C=O) groups excluding carboxylic acids is 2. The molecule has 5 nitrogen and oxygen atoms in total. The molecule has 0 aromatic heterocycles. The molecule has 3 atom stereocenters. The Kier molecular flexibility index (Phi) is 8.01. The van der Waals surface area contributed by atoms with E-state index in [9.17, 15) is 9.59 Å². The van der Waals surface area contributed by atoms with Gasteiger partial charge in [0.15, 0.2) is 12.1 Å². The van der Waals surface area contributed by atoms with Gasteiger partial charge < -0.3 is 14.8 Å². The van der Waals surface area contributed by atoms with Gasteiger partial charge in [-0.15, -0.1) is 6.58 Å². The SMILES string of the molecule is C=CCC[C@@H]1CCC[C@]2(CCC[C@@H](CCCNC(=O)c3ccccc3C=O)O2)O1. The molecular formula is C24H33NO4. The molecule has 5 heteroatoms. The highest BCUT2D eigenvalue weighted by Gasteiger charge is 2.42. The van der Waals surface area contributed by atoms with Gasteiger partial charge in [0, 0.05) is 30.5 Å². The van der Waals surface area contributed by atoms with Crippen LogP contribution < -0.4 is 5.32 Å². The predicted octanol–water partition coefficient (Wildman–Crippen LogP) is 4.81. The molecule has 0 radical (unpaired) electrons. The third-order valence-electron chi connectivity index (χ3n) is 5.94. The largest absolute Gasteiger partial charge is 0.352 e. The minimum Gasteiger partial charge on any atom is -0.352 e. The first-order valence-corrected chi connectivity index (χ1v) is 10.9. The van der Waals surface area contributed by atoms with Crippen molar-refractivity contribution in [2.45, 2.75) is 82.2 Å². The molecule has 29 heavy (non-hydrogen) atoms. The summed E-state index contributed by atoms with van der Waals surface area (Å²) >= 11 is 0. The summed E-state index contributed by atoms with van der Waals surface area (Å²) in [5.74, 6) is -0.603. The van der Waals surface area contributed by atoms with E-state index in [4.69, 9.17) is 9.47 Å². The quantitative estimate of drug-likeness (QED) is 0.368. The highest BCUT2D eigenvalue weighted by Crippen LogP contribution is 2.40. The van der Waals surface area contributed by atoms with Crippen molar-refractivity contribution in [3.05, 3.63) is 48.0 Å². The predicted molar refractivity (Wildman–Crippen MR) is 113 cm³/mol. The Balaban J connectivity index is 1.43. The van der Waals surface area contributed by atoms with Gasteiger partial charge in [-0.1, -0.05) is 24.3 Å². The van der Waals surface area contributed by atoms with Crippen LogP contribution in [0.5, 0.6) is 0 Å². The average molecular weight is 400 g/mol. The highest BCUT2D eigenvalue weighted by molar-refractivity contribution is 6.01. The molecule has 0 saturated carbocycles. The van der Waals surface area contributed by atoms with Crippen LogP contribution in [0.1, 0.15) is 84.9 Å². The van der Waals surface area contributed by atoms with Gasteiger partial charge in [-0.05, 0) is 57.4 Å². The zero-order chi connectivity index (χ0) is 20.5. The summed E-state index contributed by atoms with van der Waals surface area (Å²) in [5, 5.41) is 2.92. The maximum Gasteiger partial charge on any atom is 0.252 e. The molecule has 2 saturated heterocycles. The summed E-state index contributed by atoms with van der Waals surface area (Å²) in [6.45, 7) is 4.38. The maximum atomic E-state index is 12.3. The van der Waals surface area contributed by atoms with E-state index in [0.29, 0.717) is 17.7 Å². The van der Waals surface area contributed by atoms with Crippen LogP contribution in [-0.4, -0.2) is 36.7 Å². The van der Waals surface area contributed by atoms with Gasteiger partial charge in [-0.2, -0.15) is 0 Å². The van der Waals surface area contributed by atoms with Crippen molar-refractivity contribution in [3.63, 3.8) is 0 Å². The minimum atomic E-state index is -0.404. The molecule has 2 heterocycles. The van der Waals surface area contributed by atoms with Gasteiger partial charge in [-0.25, -0.2) is 0 Å². The summed E-state index contributed by atoms with van der Waals surface area (Å²) < 4.78 is 12.8. The topological polar surface area (TPSA) is 64.6 Å². The summed E-state index contributed by atoms with van der Waals surface area (Å²) in [6.07, 6.45) is 13.3. The van der Waals surface area contributed by atoms with Gasteiger partial charge >= 0.3 is 0 Å². The van der Waals surface area contributed by atoms with Crippen LogP contribution >= 0.6 is 0 Å². The molecule has 1 amide bonds. The number of nitrogens with one attached hydrogen (secondary N) is 1. The Hall–Kier alpha value is -1.98. The molecule has 1 N–H and O–H groups in total. The Labute approximate surface area is 173 Å². The van der Waals surface area contributed by atoms with Crippen molar-refractivity contribution in [1.82, 2.24) is 5.32 Å². The van der Waals surface area contributed by atoms with Crippen molar-refractivity contribution in [1.29, 1.82) is 0 Å². The lowest BCUT2D eigenvalue weighted by Gasteiger charge is -2.46. The third kappa shape index (κ3) is 6.00. The van der Waals surface area contributed by atoms with E-state index in [2.05, 4.69) is 11.9 Å². The first-order chi connectivity index (χ1) is 14.2. The molecule has 1 aromatic carbocycles. The van der Waals surface area contributed by atoms with Gasteiger partial charge in [-0.3, -0.25) is 9.59 Å². The summed E-state index contributed by atoms with van der Waals surface area (Å²) in [7, 11) is 0. The van der Waals surface area contributed by atoms with E-state index < -0.39 is 5.79 Å². The van der Waals surface area contributed by atoms with Crippen LogP contribution in [0.15, 0.2) is 36.9 Å². The second-order valence-corrected chi connectivity index (χ2v) is 8.14. The molecule has 2 fully saturated rings. The normalized spacial score (nSPS) is 26.8. The van der Waals surface area contributed by atoms with Crippen LogP contribution in [0.3, 0.4) is 0 Å². The number of hydrogen-bond acceptors (Lipinski definition) is 4. The lowest BCUT2D eigenvalue weighted by atomic mass is 9.91. The van der Waals surface area contributed by atoms with Crippen molar-refractivity contribution >= 4 is 12.2 Å². The van der Waals surface area contributed by atoms with Gasteiger partial charge in [0.2, 0.25) is 0 Å². The fourth-order valence-corrected chi connectivity index (χ4v) is 4.46. The van der Waals surface area contributed by atoms with Crippen LogP contribution in [0, 0.1) is 0 Å². The Morgan fingerprint density at radius 2 is 1.83 bits per heavy atom. The second-order valence-electron chi connectivity index (χ2n) is 8.14. The molecule has 2 aliphatic heterocycles. The standard InChI is InChI=1S/C24H33NO4/c1-2-3-10-20-11-6-15-24(28-20)16-7-12-21(29-24)13-8-17-25-23(27)22-14-5-4-9-19(22)18-26/h2,4-5,9,14,18,20-21H,1,3,6-8,10-13,15-17H2,(H,25,27)/t20-,21+,24+/m1/s1. The second kappa shape index (κ2) is 10.7. The molecule has 0 unspecified atom stereocenters. The molecule has 1 aromatic rings. The lowest BCUT2D eigenvalue weighted by Crippen LogP contribution is -2.48. The molecule has 158 valence electrons. The zero-order valence-electron chi connectivity index (χ0n) is 17.2. The number of aldehydes is 1. The molecule has 1 spiro atoms. The fraction of sp³-hybridized carbons (Fsp3) is 0.583. The van der Waals surface area contributed by atoms with E-state index in [-0.39, 0.29) is 18.1 Å². The van der Waals surface area contributed by atoms with Crippen LogP contribution in [0.2, 0.25) is 0 Å². The number of carbonyl (C=O) groups is 2. The number of rotatable bonds is 9. The number of benzene rings is 1. The first kappa shape index (κ1) is 21.7. The van der Waals surface area contributed by atoms with Gasteiger partial charge in [0.25, 0.3) is 5.91 Å². The van der Waals surface area contributed by atoms with Gasteiger partial charge in [0.05, 0.1) is 12.2 Å². The van der Waals surface area contributed by atoms with Crippen molar-refractivity contribution in [2.24, 2.45) is 0 Å². The van der Waals surface area contributed by atoms with Crippen molar-refractivity contribution in [2.75, 3.05) is 6.54 Å². The van der Waals surface area contributed by atoms with E-state index >= 15 is 0 Å². The number of amides is 1. The number of hydrogen-bond donors (Lipinski definition) is 1. The van der Waals surface area contributed by atoms with Crippen LogP contribution in [0.25, 0.3) is 0 Å². The Bertz CT molecular complexity index is 700. The van der Waals surface area contributed by atoms with Crippen molar-refractivity contribution < 1.29 is 19.1 Å². The summed E-state index contributed by atoms with van der Waals surface area (Å²) in [5.41, 5.74) is 0.847. The summed E-state index contributed by atoms with van der Waals surface area (Å²) in [6, 6.07) is 6.86. The van der Waals surface area contributed by atoms with E-state index in [1.54, 1.807) is 24.3 Å². The molecule has 3 rings (SSSR count). The van der Waals surface area contributed by atoms with E-state index in [1.165, 1.54) is 0 Å². The molecule has 2 aliphatic rings. The zero-order valence-corrected chi connectivity index (χ0v) is 17.2. The summed E-state index contributed by atoms with van der Waals surface area (Å²) in [4.78, 5) is 23.4. The first-order valence-electron chi connectivity index (χ1n) is 10.9. The third-order valence-corrected chi connectivity index (χ3v) is 5.94. The molecule has 0 bridgehead atoms. The number of allylic oxidation sites excluding steroid dienone is 1. The Morgan fingerprint density at radius 3 is 2.52 bits per heavy atom. The van der Waals surface area contributed by atoms with Crippen LogP contribution in [0.4, 0.5) is 0 Å². The average Bonchev–Trinajstić information content (AvgIpc) is 2.75. The van der Waals surface area contributed by atoms with Crippen LogP contribution in [-0.2, 0) is 9.47 Å². The number of ether oxygens (including phenoxy) is 2. The van der Waals surface area contributed by atoms with Gasteiger partial charge in [0.1, 0.15) is 0 Å². The molecular weight excluding hydrogens is 366 g/mol. The monoisotopic (exact) mass is 399 g/mol. The smallest absolute Gasteiger partial charge is 0.252 e. The van der Waals surface area contributed by atoms with Crippen molar-refractivity contribution in [3.8, 4) is 0 Å². The highest BCUT2D eigenvalue weighted by atomic mass is 16.7.